The van der Waals surface area contributed by atoms with Crippen LogP contribution in [-0.4, -0.2) is 44.0 Å². The Bertz CT molecular complexity index is 1170. The van der Waals surface area contributed by atoms with E-state index in [1.165, 1.54) is 28.7 Å². The van der Waals surface area contributed by atoms with Crippen LogP contribution in [0.5, 0.6) is 5.75 Å². The molecule has 1 N–H and O–H groups in total. The zero-order valence-corrected chi connectivity index (χ0v) is 23.2. The van der Waals surface area contributed by atoms with Crippen molar-refractivity contribution < 1.29 is 19.1 Å². The number of thioether (sulfide) groups is 1. The molecule has 11 heteroatoms. The van der Waals surface area contributed by atoms with E-state index in [1.54, 1.807) is 12.3 Å². The van der Waals surface area contributed by atoms with E-state index in [0.717, 1.165) is 5.75 Å². The number of carbonyl (C=O) groups excluding carboxylic acids is 2. The molecule has 1 unspecified atom stereocenters. The molecule has 0 aliphatic carbocycles. The van der Waals surface area contributed by atoms with E-state index in [9.17, 15) is 9.59 Å². The molecule has 36 heavy (non-hydrogen) atoms. The Hall–Kier alpha value is -2.92. The fourth-order valence-electron chi connectivity index (χ4n) is 3.39. The van der Waals surface area contributed by atoms with E-state index < -0.39 is 0 Å². The lowest BCUT2D eigenvalue weighted by Gasteiger charge is -2.20. The number of thiazole rings is 1. The summed E-state index contributed by atoms with van der Waals surface area (Å²) in [5, 5.41) is 14.2. The smallest absolute Gasteiger partial charge is 0.311 e. The first-order valence-electron chi connectivity index (χ1n) is 11.8. The topological polar surface area (TPSA) is 108 Å². The van der Waals surface area contributed by atoms with Gasteiger partial charge in [-0.25, -0.2) is 4.98 Å². The number of esters is 1. The quantitative estimate of drug-likeness (QED) is 0.271. The van der Waals surface area contributed by atoms with Crippen LogP contribution >= 0.6 is 23.1 Å². The highest BCUT2D eigenvalue weighted by Gasteiger charge is 2.20. The molecule has 0 saturated carbocycles. The molecule has 0 aliphatic heterocycles. The van der Waals surface area contributed by atoms with Gasteiger partial charge in [-0.1, -0.05) is 44.7 Å². The highest BCUT2D eigenvalue weighted by atomic mass is 32.2. The van der Waals surface area contributed by atoms with Gasteiger partial charge in [0.15, 0.2) is 22.2 Å². The van der Waals surface area contributed by atoms with Crippen LogP contribution in [0.25, 0.3) is 0 Å². The van der Waals surface area contributed by atoms with E-state index in [2.05, 4.69) is 53.4 Å². The number of nitrogens with zero attached hydrogens (tertiary/aromatic N) is 4. The third kappa shape index (κ3) is 7.54. The zero-order valence-electron chi connectivity index (χ0n) is 21.5. The number of aromatic nitrogens is 4. The highest BCUT2D eigenvalue weighted by molar-refractivity contribution is 7.99. The van der Waals surface area contributed by atoms with Crippen molar-refractivity contribution in [2.24, 2.45) is 0 Å². The zero-order chi connectivity index (χ0) is 26.3. The summed E-state index contributed by atoms with van der Waals surface area (Å²) in [6.07, 6.45) is -0.229. The van der Waals surface area contributed by atoms with Gasteiger partial charge in [-0.15, -0.1) is 21.5 Å². The van der Waals surface area contributed by atoms with Gasteiger partial charge < -0.3 is 19.4 Å². The summed E-state index contributed by atoms with van der Waals surface area (Å²) in [6, 6.07) is 8.10. The summed E-state index contributed by atoms with van der Waals surface area (Å²) in [6.45, 7) is 13.2. The molecule has 0 saturated heterocycles. The summed E-state index contributed by atoms with van der Waals surface area (Å²) >= 11 is 2.57. The molecule has 0 spiro atoms. The summed E-state index contributed by atoms with van der Waals surface area (Å²) in [5.41, 5.74) is 1.89. The first-order valence-corrected chi connectivity index (χ1v) is 13.7. The van der Waals surface area contributed by atoms with Crippen LogP contribution in [0.4, 0.5) is 5.13 Å². The fourth-order valence-corrected chi connectivity index (χ4v) is 4.92. The Balaban J connectivity index is 1.56. The van der Waals surface area contributed by atoms with E-state index in [1.807, 2.05) is 30.5 Å². The minimum atomic E-state index is -0.342. The molecule has 1 amide bonds. The molecule has 194 valence electrons. The average molecular weight is 532 g/mol. The molecule has 0 aliphatic rings. The third-order valence-electron chi connectivity index (χ3n) is 5.22. The SMILES string of the molecule is CCOC(=O)Cc1csc(NC(=O)CSc2nnc(C(C)Oc3ccc(C(C)(C)C)cc3)n2CC)n1. The monoisotopic (exact) mass is 531 g/mol. The van der Waals surface area contributed by atoms with Gasteiger partial charge in [-0.3, -0.25) is 9.59 Å². The van der Waals surface area contributed by atoms with Gasteiger partial charge >= 0.3 is 5.97 Å². The summed E-state index contributed by atoms with van der Waals surface area (Å²) in [4.78, 5) is 28.3. The van der Waals surface area contributed by atoms with Crippen molar-refractivity contribution in [1.29, 1.82) is 0 Å². The van der Waals surface area contributed by atoms with Gasteiger partial charge in [0.05, 0.1) is 24.5 Å². The molecule has 9 nitrogen and oxygen atoms in total. The van der Waals surface area contributed by atoms with E-state index in [-0.39, 0.29) is 35.6 Å². The average Bonchev–Trinajstić information content (AvgIpc) is 3.43. The predicted molar refractivity (Wildman–Crippen MR) is 142 cm³/mol. The number of rotatable bonds is 11. The Kier molecular flexibility index (Phi) is 9.49. The molecule has 2 heterocycles. The number of hydrogen-bond donors (Lipinski definition) is 1. The maximum atomic E-state index is 12.5. The molecular weight excluding hydrogens is 498 g/mol. The Morgan fingerprint density at radius 3 is 2.53 bits per heavy atom. The first kappa shape index (κ1) is 27.7. The standard InChI is InChI=1S/C25H33N5O4S2/c1-7-30-22(16(3)34-19-11-9-17(10-12-19)25(4,5)6)28-29-24(30)36-15-20(31)27-23-26-18(14-35-23)13-21(32)33-8-2/h9-12,14,16H,7-8,13,15H2,1-6H3,(H,26,27,31). The number of hydrogen-bond acceptors (Lipinski definition) is 9. The number of anilines is 1. The molecule has 0 radical (unpaired) electrons. The van der Waals surface area contributed by atoms with Crippen molar-refractivity contribution >= 4 is 40.1 Å². The van der Waals surface area contributed by atoms with Gasteiger partial charge in [-0.05, 0) is 43.9 Å². The van der Waals surface area contributed by atoms with Crippen LogP contribution in [0.2, 0.25) is 0 Å². The van der Waals surface area contributed by atoms with Crippen LogP contribution in [-0.2, 0) is 32.7 Å². The number of nitrogens with one attached hydrogen (secondary N) is 1. The summed E-state index contributed by atoms with van der Waals surface area (Å²) in [7, 11) is 0. The first-order chi connectivity index (χ1) is 17.1. The van der Waals surface area contributed by atoms with Crippen LogP contribution in [0.1, 0.15) is 64.7 Å². The van der Waals surface area contributed by atoms with Gasteiger partial charge in [-0.2, -0.15) is 0 Å². The van der Waals surface area contributed by atoms with Crippen molar-refractivity contribution in [2.45, 2.75) is 71.2 Å². The fraction of sp³-hybridized carbons (Fsp3) is 0.480. The third-order valence-corrected chi connectivity index (χ3v) is 6.99. The van der Waals surface area contributed by atoms with Crippen molar-refractivity contribution in [3.8, 4) is 5.75 Å². The summed E-state index contributed by atoms with van der Waals surface area (Å²) < 4.78 is 13.0. The second kappa shape index (κ2) is 12.4. The number of benzene rings is 1. The number of ether oxygens (including phenoxy) is 2. The second-order valence-electron chi connectivity index (χ2n) is 9.08. The number of amides is 1. The maximum absolute atomic E-state index is 12.5. The van der Waals surface area contributed by atoms with E-state index >= 15 is 0 Å². The van der Waals surface area contributed by atoms with Crippen LogP contribution in [0.3, 0.4) is 0 Å². The van der Waals surface area contributed by atoms with Gasteiger partial charge in [0.2, 0.25) is 5.91 Å². The number of carbonyl (C=O) groups is 2. The minimum absolute atomic E-state index is 0.0788. The predicted octanol–water partition coefficient (Wildman–Crippen LogP) is 5.03. The molecular formula is C25H33N5O4S2. The molecule has 1 atom stereocenters. The normalized spacial score (nSPS) is 12.3. The maximum Gasteiger partial charge on any atom is 0.311 e. The van der Waals surface area contributed by atoms with E-state index in [4.69, 9.17) is 9.47 Å². The Morgan fingerprint density at radius 2 is 1.89 bits per heavy atom. The molecule has 2 aromatic heterocycles. The van der Waals surface area contributed by atoms with Crippen molar-refractivity contribution in [3.63, 3.8) is 0 Å². The van der Waals surface area contributed by atoms with Crippen molar-refractivity contribution in [3.05, 3.63) is 46.7 Å². The van der Waals surface area contributed by atoms with E-state index in [0.29, 0.717) is 35.0 Å². The lowest BCUT2D eigenvalue weighted by Crippen LogP contribution is -2.15. The van der Waals surface area contributed by atoms with Crippen LogP contribution in [0, 0.1) is 0 Å². The summed E-state index contributed by atoms with van der Waals surface area (Å²) in [5.74, 6) is 1.05. The van der Waals surface area contributed by atoms with Gasteiger partial charge in [0, 0.05) is 11.9 Å². The minimum Gasteiger partial charge on any atom is -0.483 e. The lowest BCUT2D eigenvalue weighted by atomic mass is 9.87. The van der Waals surface area contributed by atoms with Crippen LogP contribution in [0.15, 0.2) is 34.8 Å². The molecule has 1 aromatic carbocycles. The lowest BCUT2D eigenvalue weighted by molar-refractivity contribution is -0.142. The highest BCUT2D eigenvalue weighted by Crippen LogP contribution is 2.28. The molecule has 3 rings (SSSR count). The van der Waals surface area contributed by atoms with Crippen molar-refractivity contribution in [2.75, 3.05) is 17.7 Å². The Labute approximate surface area is 220 Å². The Morgan fingerprint density at radius 1 is 1.17 bits per heavy atom. The van der Waals surface area contributed by atoms with Crippen LogP contribution < -0.4 is 10.1 Å². The van der Waals surface area contributed by atoms with Gasteiger partial charge in [0.25, 0.3) is 0 Å². The van der Waals surface area contributed by atoms with Crippen molar-refractivity contribution in [1.82, 2.24) is 19.7 Å². The molecule has 0 fully saturated rings. The van der Waals surface area contributed by atoms with Gasteiger partial charge in [0.1, 0.15) is 5.75 Å². The molecule has 0 bridgehead atoms. The second-order valence-corrected chi connectivity index (χ2v) is 10.9. The molecule has 3 aromatic rings. The largest absolute Gasteiger partial charge is 0.483 e.